The second-order valence-corrected chi connectivity index (χ2v) is 8.13. The average molecular weight is 398 g/mol. The maximum Gasteiger partial charge on any atom is 0.312 e. The molecule has 0 spiro atoms. The van der Waals surface area contributed by atoms with Crippen LogP contribution in [-0.2, 0) is 16.1 Å². The minimum Gasteiger partial charge on any atom is -0.352 e. The molecule has 0 aromatic heterocycles. The van der Waals surface area contributed by atoms with Crippen molar-refractivity contribution in [3.05, 3.63) is 47.0 Å². The maximum absolute atomic E-state index is 12.3. The molecule has 0 unspecified atom stereocenters. The molecular weight excluding hydrogens is 366 g/mol. The monoisotopic (exact) mass is 397 g/mol. The third-order valence-corrected chi connectivity index (χ3v) is 5.67. The third kappa shape index (κ3) is 5.46. The van der Waals surface area contributed by atoms with Crippen LogP contribution in [0.1, 0.15) is 61.9 Å². The molecule has 1 heterocycles. The molecule has 0 atom stereocenters. The molecule has 3 rings (SSSR count). The summed E-state index contributed by atoms with van der Waals surface area (Å²) in [7, 11) is 0. The number of carbonyl (C=O) groups excluding carboxylic acids is 3. The van der Waals surface area contributed by atoms with Gasteiger partial charge in [-0.05, 0) is 63.6 Å². The fraction of sp³-hybridized carbons (Fsp3) is 0.522. The minimum atomic E-state index is -0.455. The summed E-state index contributed by atoms with van der Waals surface area (Å²) in [4.78, 5) is 40.1. The van der Waals surface area contributed by atoms with E-state index in [0.717, 1.165) is 24.8 Å². The van der Waals surface area contributed by atoms with Crippen LogP contribution in [-0.4, -0.2) is 53.2 Å². The smallest absolute Gasteiger partial charge is 0.312 e. The highest BCUT2D eigenvalue weighted by molar-refractivity contribution is 6.35. The van der Waals surface area contributed by atoms with Crippen LogP contribution in [0.15, 0.2) is 35.9 Å². The summed E-state index contributed by atoms with van der Waals surface area (Å²) in [6.07, 6.45) is 8.06. The van der Waals surface area contributed by atoms with Crippen LogP contribution < -0.4 is 5.32 Å². The first kappa shape index (κ1) is 21.1. The van der Waals surface area contributed by atoms with Gasteiger partial charge in [0.25, 0.3) is 5.91 Å². The number of amides is 3. The molecule has 1 fully saturated rings. The van der Waals surface area contributed by atoms with E-state index in [-0.39, 0.29) is 11.9 Å². The highest BCUT2D eigenvalue weighted by Gasteiger charge is 2.33. The number of carbonyl (C=O) groups is 3. The second kappa shape index (κ2) is 9.72. The largest absolute Gasteiger partial charge is 0.352 e. The zero-order valence-electron chi connectivity index (χ0n) is 17.4. The normalized spacial score (nSPS) is 17.6. The van der Waals surface area contributed by atoms with Crippen molar-refractivity contribution in [1.82, 2.24) is 15.1 Å². The molecule has 1 aromatic carbocycles. The number of allylic oxidation sites excluding steroid dienone is 1. The van der Waals surface area contributed by atoms with Crippen LogP contribution in [0, 0.1) is 0 Å². The van der Waals surface area contributed by atoms with Gasteiger partial charge in [0.05, 0.1) is 0 Å². The topological polar surface area (TPSA) is 69.7 Å². The van der Waals surface area contributed by atoms with Crippen molar-refractivity contribution in [1.29, 1.82) is 0 Å². The number of piperazine rings is 1. The Hall–Kier alpha value is -2.63. The first-order valence-electron chi connectivity index (χ1n) is 10.6. The van der Waals surface area contributed by atoms with Gasteiger partial charge >= 0.3 is 11.8 Å². The summed E-state index contributed by atoms with van der Waals surface area (Å²) in [5, 5.41) is 2.98. The molecule has 6 nitrogen and oxygen atoms in total. The van der Waals surface area contributed by atoms with E-state index in [0.29, 0.717) is 31.7 Å². The van der Waals surface area contributed by atoms with Gasteiger partial charge in [0.15, 0.2) is 0 Å². The van der Waals surface area contributed by atoms with E-state index in [1.807, 2.05) is 26.0 Å². The molecule has 3 amide bonds. The first-order chi connectivity index (χ1) is 14.0. The Labute approximate surface area is 172 Å². The summed E-state index contributed by atoms with van der Waals surface area (Å²) in [5.74, 6) is -0.969. The molecular formula is C23H31N3O3. The van der Waals surface area contributed by atoms with Gasteiger partial charge < -0.3 is 15.1 Å². The van der Waals surface area contributed by atoms with Gasteiger partial charge in [0.1, 0.15) is 0 Å². The van der Waals surface area contributed by atoms with Crippen LogP contribution in [0.2, 0.25) is 0 Å². The molecule has 1 aliphatic heterocycles. The zero-order chi connectivity index (χ0) is 20.8. The fourth-order valence-electron chi connectivity index (χ4n) is 3.89. The number of nitrogens with zero attached hydrogens (tertiary/aromatic N) is 2. The number of benzene rings is 1. The first-order valence-corrected chi connectivity index (χ1v) is 10.6. The zero-order valence-corrected chi connectivity index (χ0v) is 17.4. The predicted octanol–water partition coefficient (Wildman–Crippen LogP) is 2.89. The lowest BCUT2D eigenvalue weighted by atomic mass is 9.97. The lowest BCUT2D eigenvalue weighted by molar-refractivity contribution is -0.157. The Bertz CT molecular complexity index is 783. The summed E-state index contributed by atoms with van der Waals surface area (Å²) in [6, 6.07) is 7.29. The molecule has 1 saturated heterocycles. The molecule has 1 aliphatic carbocycles. The van der Waals surface area contributed by atoms with Gasteiger partial charge in [-0.25, -0.2) is 0 Å². The number of nitrogens with one attached hydrogen (secondary N) is 1. The quantitative estimate of drug-likeness (QED) is 0.568. The van der Waals surface area contributed by atoms with Crippen LogP contribution in [0.4, 0.5) is 0 Å². The second-order valence-electron chi connectivity index (χ2n) is 8.13. The van der Waals surface area contributed by atoms with Gasteiger partial charge in [-0.2, -0.15) is 0 Å². The Balaban J connectivity index is 1.49. The van der Waals surface area contributed by atoms with Crippen molar-refractivity contribution in [2.24, 2.45) is 0 Å². The summed E-state index contributed by atoms with van der Waals surface area (Å²) < 4.78 is 0. The van der Waals surface area contributed by atoms with Crippen LogP contribution in [0.25, 0.3) is 0 Å². The number of hydrogen-bond donors (Lipinski definition) is 1. The van der Waals surface area contributed by atoms with Crippen molar-refractivity contribution in [2.75, 3.05) is 19.6 Å². The van der Waals surface area contributed by atoms with Crippen LogP contribution >= 0.6 is 0 Å². The molecule has 1 N–H and O–H groups in total. The van der Waals surface area contributed by atoms with Gasteiger partial charge in [0.2, 0.25) is 0 Å². The van der Waals surface area contributed by atoms with E-state index >= 15 is 0 Å². The third-order valence-electron chi connectivity index (χ3n) is 5.67. The number of rotatable bonds is 7. The van der Waals surface area contributed by atoms with Gasteiger partial charge in [-0.1, -0.05) is 23.8 Å². The van der Waals surface area contributed by atoms with E-state index in [2.05, 4.69) is 11.4 Å². The highest BCUT2D eigenvalue weighted by Crippen LogP contribution is 2.19. The standard InChI is InChI=1S/C23H31N3O3/c1-17(2)26-15-14-25(22(28)23(26)29)16-19-8-10-20(11-9-19)21(27)24-13-12-18-6-4-3-5-7-18/h6,8-11,17H,3-5,7,12-16H2,1-2H3,(H,24,27). The molecule has 0 saturated carbocycles. The Morgan fingerprint density at radius 3 is 2.48 bits per heavy atom. The van der Waals surface area contributed by atoms with E-state index in [4.69, 9.17) is 0 Å². The van der Waals surface area contributed by atoms with Gasteiger partial charge in [-0.15, -0.1) is 0 Å². The summed E-state index contributed by atoms with van der Waals surface area (Å²) >= 11 is 0. The molecule has 0 radical (unpaired) electrons. The van der Waals surface area contributed by atoms with Crippen molar-refractivity contribution in [2.45, 2.75) is 58.5 Å². The molecule has 0 bridgehead atoms. The summed E-state index contributed by atoms with van der Waals surface area (Å²) in [6.45, 7) is 5.95. The van der Waals surface area contributed by atoms with Gasteiger partial charge in [-0.3, -0.25) is 14.4 Å². The average Bonchev–Trinajstić information content (AvgIpc) is 2.72. The Kier molecular flexibility index (Phi) is 7.07. The Morgan fingerprint density at radius 1 is 1.07 bits per heavy atom. The van der Waals surface area contributed by atoms with E-state index < -0.39 is 11.8 Å². The van der Waals surface area contributed by atoms with Gasteiger partial charge in [0, 0.05) is 37.8 Å². The highest BCUT2D eigenvalue weighted by atomic mass is 16.2. The van der Waals surface area contributed by atoms with Crippen molar-refractivity contribution < 1.29 is 14.4 Å². The van der Waals surface area contributed by atoms with E-state index in [1.165, 1.54) is 18.4 Å². The minimum absolute atomic E-state index is 0.0285. The molecule has 1 aromatic rings. The van der Waals surface area contributed by atoms with E-state index in [9.17, 15) is 14.4 Å². The lowest BCUT2D eigenvalue weighted by Gasteiger charge is -2.36. The lowest BCUT2D eigenvalue weighted by Crippen LogP contribution is -2.55. The van der Waals surface area contributed by atoms with Crippen LogP contribution in [0.5, 0.6) is 0 Å². The van der Waals surface area contributed by atoms with Crippen molar-refractivity contribution in [3.63, 3.8) is 0 Å². The summed E-state index contributed by atoms with van der Waals surface area (Å²) in [5.41, 5.74) is 2.97. The fourth-order valence-corrected chi connectivity index (χ4v) is 3.89. The molecule has 156 valence electrons. The molecule has 2 aliphatic rings. The van der Waals surface area contributed by atoms with Crippen LogP contribution in [0.3, 0.4) is 0 Å². The number of hydrogen-bond acceptors (Lipinski definition) is 3. The maximum atomic E-state index is 12.3. The van der Waals surface area contributed by atoms with Crippen molar-refractivity contribution >= 4 is 17.7 Å². The molecule has 29 heavy (non-hydrogen) atoms. The molecule has 6 heteroatoms. The predicted molar refractivity (Wildman–Crippen MR) is 112 cm³/mol. The van der Waals surface area contributed by atoms with E-state index in [1.54, 1.807) is 21.9 Å². The SMILES string of the molecule is CC(C)N1CCN(Cc2ccc(C(=O)NCCC3=CCCCC3)cc2)C(=O)C1=O. The van der Waals surface area contributed by atoms with Crippen molar-refractivity contribution in [3.8, 4) is 0 Å². The Morgan fingerprint density at radius 2 is 1.83 bits per heavy atom.